The molecule has 1 aliphatic heterocycles. The molecule has 1 saturated heterocycles. The van der Waals surface area contributed by atoms with Crippen molar-refractivity contribution in [2.24, 2.45) is 0 Å². The van der Waals surface area contributed by atoms with Crippen LogP contribution in [0.4, 0.5) is 5.69 Å². The Balaban J connectivity index is 2.06. The van der Waals surface area contributed by atoms with E-state index in [1.54, 1.807) is 7.11 Å². The van der Waals surface area contributed by atoms with Crippen LogP contribution in [0.1, 0.15) is 24.0 Å². The van der Waals surface area contributed by atoms with Gasteiger partial charge in [-0.25, -0.2) is 0 Å². The maximum absolute atomic E-state index is 11.9. The van der Waals surface area contributed by atoms with Crippen LogP contribution in [0.15, 0.2) is 12.1 Å². The van der Waals surface area contributed by atoms with E-state index in [-0.39, 0.29) is 5.91 Å². The highest BCUT2D eigenvalue weighted by Gasteiger charge is 2.25. The van der Waals surface area contributed by atoms with Crippen molar-refractivity contribution in [1.82, 2.24) is 0 Å². The van der Waals surface area contributed by atoms with Gasteiger partial charge in [-0.2, -0.15) is 0 Å². The van der Waals surface area contributed by atoms with E-state index in [1.165, 1.54) is 11.1 Å². The molecule has 3 heteroatoms. The third-order valence-corrected chi connectivity index (χ3v) is 3.55. The summed E-state index contributed by atoms with van der Waals surface area (Å²) in [4.78, 5) is 13.7. The van der Waals surface area contributed by atoms with Crippen molar-refractivity contribution in [2.45, 2.75) is 25.7 Å². The Labute approximate surface area is 107 Å². The van der Waals surface area contributed by atoms with Crippen molar-refractivity contribution in [3.63, 3.8) is 0 Å². The maximum Gasteiger partial charge on any atom is 0.227 e. The van der Waals surface area contributed by atoms with Gasteiger partial charge in [0.1, 0.15) is 5.75 Å². The van der Waals surface area contributed by atoms with Gasteiger partial charge in [-0.3, -0.25) is 4.79 Å². The lowest BCUT2D eigenvalue weighted by Gasteiger charge is -2.21. The number of amides is 1. The molecule has 3 nitrogen and oxygen atoms in total. The van der Waals surface area contributed by atoms with Gasteiger partial charge in [0.05, 0.1) is 12.8 Å². The first-order valence-electron chi connectivity index (χ1n) is 6.25. The van der Waals surface area contributed by atoms with Crippen molar-refractivity contribution in [3.05, 3.63) is 23.3 Å². The Bertz CT molecular complexity index is 566. The standard InChI is InChI=1S/C15H15NO2/c1-18-14-10-12-6-3-2-5-11(12)9-13(14)16-8-4-7-15(16)17/h9-10H,4-8H2,1H3. The van der Waals surface area contributed by atoms with Crippen LogP contribution in [0.2, 0.25) is 0 Å². The number of benzene rings is 1. The number of hydrogen-bond donors (Lipinski definition) is 0. The number of anilines is 1. The number of carbonyl (C=O) groups is 1. The van der Waals surface area contributed by atoms with Crippen LogP contribution < -0.4 is 9.64 Å². The van der Waals surface area contributed by atoms with E-state index in [2.05, 4.69) is 17.9 Å². The molecule has 92 valence electrons. The van der Waals surface area contributed by atoms with E-state index in [9.17, 15) is 4.79 Å². The Hall–Kier alpha value is -1.95. The summed E-state index contributed by atoms with van der Waals surface area (Å²) in [5.41, 5.74) is 3.35. The lowest BCUT2D eigenvalue weighted by Crippen LogP contribution is -2.24. The lowest BCUT2D eigenvalue weighted by molar-refractivity contribution is -0.117. The van der Waals surface area contributed by atoms with E-state index in [4.69, 9.17) is 4.74 Å². The molecule has 1 aliphatic carbocycles. The fourth-order valence-electron chi connectivity index (χ4n) is 2.58. The van der Waals surface area contributed by atoms with Gasteiger partial charge in [-0.05, 0) is 29.7 Å². The highest BCUT2D eigenvalue weighted by Crippen LogP contribution is 2.35. The van der Waals surface area contributed by atoms with Gasteiger partial charge in [-0.15, -0.1) is 0 Å². The fourth-order valence-corrected chi connectivity index (χ4v) is 2.58. The van der Waals surface area contributed by atoms with Crippen LogP contribution in [0, 0.1) is 11.8 Å². The number of rotatable bonds is 2. The lowest BCUT2D eigenvalue weighted by atomic mass is 9.97. The molecule has 1 heterocycles. The first-order chi connectivity index (χ1) is 8.79. The summed E-state index contributed by atoms with van der Waals surface area (Å²) in [6.45, 7) is 0.791. The summed E-state index contributed by atoms with van der Waals surface area (Å²) >= 11 is 0. The van der Waals surface area contributed by atoms with Gasteiger partial charge in [-0.1, -0.05) is 11.8 Å². The van der Waals surface area contributed by atoms with Gasteiger partial charge in [0.25, 0.3) is 0 Å². The monoisotopic (exact) mass is 241 g/mol. The van der Waals surface area contributed by atoms with E-state index in [0.717, 1.165) is 37.2 Å². The zero-order valence-electron chi connectivity index (χ0n) is 10.5. The van der Waals surface area contributed by atoms with Gasteiger partial charge in [0.15, 0.2) is 0 Å². The van der Waals surface area contributed by atoms with Crippen molar-refractivity contribution < 1.29 is 9.53 Å². The van der Waals surface area contributed by atoms with E-state index >= 15 is 0 Å². The highest BCUT2D eigenvalue weighted by molar-refractivity contribution is 5.97. The van der Waals surface area contributed by atoms with Crippen LogP contribution in [-0.2, 0) is 17.6 Å². The summed E-state index contributed by atoms with van der Waals surface area (Å²) in [5.74, 6) is 7.19. The quantitative estimate of drug-likeness (QED) is 0.740. The topological polar surface area (TPSA) is 29.5 Å². The van der Waals surface area contributed by atoms with E-state index in [0.29, 0.717) is 6.42 Å². The van der Waals surface area contributed by atoms with Gasteiger partial charge in [0.2, 0.25) is 5.91 Å². The molecular formula is C15H15NO2. The second kappa shape index (κ2) is 4.38. The average molecular weight is 241 g/mol. The molecule has 1 aromatic carbocycles. The number of methoxy groups -OCH3 is 1. The molecule has 0 aromatic heterocycles. The van der Waals surface area contributed by atoms with E-state index in [1.807, 2.05) is 11.0 Å². The van der Waals surface area contributed by atoms with Crippen LogP contribution in [0.25, 0.3) is 0 Å². The van der Waals surface area contributed by atoms with Gasteiger partial charge < -0.3 is 9.64 Å². The van der Waals surface area contributed by atoms with Gasteiger partial charge in [0, 0.05) is 25.8 Å². The summed E-state index contributed by atoms with van der Waals surface area (Å²) in [5, 5.41) is 0. The Morgan fingerprint density at radius 2 is 1.94 bits per heavy atom. The molecule has 0 N–H and O–H groups in total. The predicted octanol–water partition coefficient (Wildman–Crippen LogP) is 1.92. The Morgan fingerprint density at radius 3 is 2.56 bits per heavy atom. The molecule has 0 saturated carbocycles. The van der Waals surface area contributed by atoms with Crippen LogP contribution in [0.3, 0.4) is 0 Å². The summed E-state index contributed by atoms with van der Waals surface area (Å²) in [6, 6.07) is 4.11. The Morgan fingerprint density at radius 1 is 1.22 bits per heavy atom. The minimum absolute atomic E-state index is 0.190. The molecule has 0 bridgehead atoms. The van der Waals surface area contributed by atoms with Crippen molar-refractivity contribution in [2.75, 3.05) is 18.6 Å². The molecule has 0 radical (unpaired) electrons. The smallest absolute Gasteiger partial charge is 0.227 e. The molecule has 3 rings (SSSR count). The third kappa shape index (κ3) is 1.74. The maximum atomic E-state index is 11.9. The summed E-state index contributed by atoms with van der Waals surface area (Å²) in [7, 11) is 1.65. The summed E-state index contributed by atoms with van der Waals surface area (Å²) < 4.78 is 5.43. The molecule has 1 amide bonds. The molecule has 2 aliphatic rings. The largest absolute Gasteiger partial charge is 0.495 e. The molecule has 1 aromatic rings. The summed E-state index contributed by atoms with van der Waals surface area (Å²) in [6.07, 6.45) is 3.12. The van der Waals surface area contributed by atoms with Crippen molar-refractivity contribution >= 4 is 11.6 Å². The van der Waals surface area contributed by atoms with Crippen LogP contribution in [-0.4, -0.2) is 19.6 Å². The van der Waals surface area contributed by atoms with Crippen molar-refractivity contribution in [1.29, 1.82) is 0 Å². The number of carbonyl (C=O) groups excluding carboxylic acids is 1. The number of hydrogen-bond acceptors (Lipinski definition) is 2. The highest BCUT2D eigenvalue weighted by atomic mass is 16.5. The molecule has 0 atom stereocenters. The molecule has 18 heavy (non-hydrogen) atoms. The first kappa shape index (κ1) is 11.2. The van der Waals surface area contributed by atoms with Gasteiger partial charge >= 0.3 is 0 Å². The second-order valence-corrected chi connectivity index (χ2v) is 4.65. The minimum atomic E-state index is 0.190. The number of fused-ring (bicyclic) bond motifs is 1. The SMILES string of the molecule is COc1cc2c(cc1N1CCCC1=O)CC#CC2. The molecule has 0 spiro atoms. The van der Waals surface area contributed by atoms with E-state index < -0.39 is 0 Å². The van der Waals surface area contributed by atoms with Crippen LogP contribution >= 0.6 is 0 Å². The average Bonchev–Trinajstić information content (AvgIpc) is 2.83. The molecule has 0 unspecified atom stereocenters. The van der Waals surface area contributed by atoms with Crippen LogP contribution in [0.5, 0.6) is 5.75 Å². The molecular weight excluding hydrogens is 226 g/mol. The third-order valence-electron chi connectivity index (χ3n) is 3.55. The fraction of sp³-hybridized carbons (Fsp3) is 0.400. The normalized spacial score (nSPS) is 17.2. The number of nitrogens with zero attached hydrogens (tertiary/aromatic N) is 1. The van der Waals surface area contributed by atoms with Crippen molar-refractivity contribution in [3.8, 4) is 17.6 Å². The predicted molar refractivity (Wildman–Crippen MR) is 69.8 cm³/mol. The zero-order valence-corrected chi connectivity index (χ0v) is 10.5. The zero-order chi connectivity index (χ0) is 12.5. The Kier molecular flexibility index (Phi) is 2.71. The molecule has 1 fully saturated rings. The second-order valence-electron chi connectivity index (χ2n) is 4.65. The first-order valence-corrected chi connectivity index (χ1v) is 6.25. The minimum Gasteiger partial charge on any atom is -0.495 e. The number of ether oxygens (including phenoxy) is 1.